The quantitative estimate of drug-likeness (QED) is 0.354. The van der Waals surface area contributed by atoms with Gasteiger partial charge in [0.1, 0.15) is 22.9 Å². The van der Waals surface area contributed by atoms with Crippen LogP contribution in [0.25, 0.3) is 17.3 Å². The molecule has 0 saturated carbocycles. The fourth-order valence-electron chi connectivity index (χ4n) is 3.30. The zero-order chi connectivity index (χ0) is 25.8. The monoisotopic (exact) mass is 502 g/mol. The Labute approximate surface area is 204 Å². The Kier molecular flexibility index (Phi) is 7.75. The third-order valence-electron chi connectivity index (χ3n) is 5.10. The number of aryl methyl sites for hydroxylation is 1. The molecule has 0 saturated heterocycles. The number of aromatic nitrogens is 3. The smallest absolute Gasteiger partial charge is 0.243 e. The largest absolute Gasteiger partial charge is 0.494 e. The molecule has 188 valence electrons. The Morgan fingerprint density at radius 2 is 1.80 bits per heavy atom. The highest BCUT2D eigenvalue weighted by Gasteiger charge is 2.28. The lowest BCUT2D eigenvalue weighted by Crippen LogP contribution is -2.28. The summed E-state index contributed by atoms with van der Waals surface area (Å²) in [5.41, 5.74) is 12.9. The first-order chi connectivity index (χ1) is 16.6. The van der Waals surface area contributed by atoms with Crippen molar-refractivity contribution < 1.29 is 22.3 Å². The van der Waals surface area contributed by atoms with Gasteiger partial charge in [-0.25, -0.2) is 8.42 Å². The molecule has 0 fully saturated rings. The Morgan fingerprint density at radius 1 is 1.14 bits per heavy atom. The summed E-state index contributed by atoms with van der Waals surface area (Å²) in [5, 5.41) is 7.43. The molecule has 2 heterocycles. The number of sulfonamides is 1. The maximum Gasteiger partial charge on any atom is 0.243 e. The average Bonchev–Trinajstić information content (AvgIpc) is 3.42. The summed E-state index contributed by atoms with van der Waals surface area (Å²) in [6.07, 6.45) is 3.28. The number of hydrogen-bond acceptors (Lipinski definition) is 9. The van der Waals surface area contributed by atoms with Crippen molar-refractivity contribution in [3.05, 3.63) is 59.6 Å². The van der Waals surface area contributed by atoms with Gasteiger partial charge >= 0.3 is 0 Å². The number of nitrogens with one attached hydrogen (secondary N) is 1. The van der Waals surface area contributed by atoms with Gasteiger partial charge in [0, 0.05) is 17.8 Å². The molecule has 0 amide bonds. The van der Waals surface area contributed by atoms with Gasteiger partial charge in [-0.2, -0.15) is 0 Å². The van der Waals surface area contributed by atoms with Gasteiger partial charge in [0.15, 0.2) is 5.76 Å². The first-order valence-electron chi connectivity index (χ1n) is 10.7. The van der Waals surface area contributed by atoms with Crippen LogP contribution in [0.4, 0.5) is 5.95 Å². The molecule has 1 atom stereocenters. The summed E-state index contributed by atoms with van der Waals surface area (Å²) in [6.45, 7) is 5.05. The van der Waals surface area contributed by atoms with Crippen molar-refractivity contribution in [1.82, 2.24) is 14.8 Å². The number of allylic oxidation sites excluding steroid dienone is 4. The molecule has 2 aromatic heterocycles. The van der Waals surface area contributed by atoms with Gasteiger partial charge in [-0.15, -0.1) is 10.2 Å². The van der Waals surface area contributed by atoms with Crippen molar-refractivity contribution in [3.8, 4) is 28.8 Å². The number of benzene rings is 1. The maximum absolute atomic E-state index is 13.2. The molecular formula is C23H30N6O5S. The van der Waals surface area contributed by atoms with Gasteiger partial charge in [0.25, 0.3) is 0 Å². The summed E-state index contributed by atoms with van der Waals surface area (Å²) < 4.78 is 47.3. The zero-order valence-electron chi connectivity index (χ0n) is 20.3. The number of furan rings is 1. The molecular weight excluding hydrogens is 472 g/mol. The van der Waals surface area contributed by atoms with Crippen LogP contribution in [0, 0.1) is 6.92 Å². The Bertz CT molecular complexity index is 1330. The van der Waals surface area contributed by atoms with E-state index in [1.54, 1.807) is 63.3 Å². The Morgan fingerprint density at radius 3 is 2.34 bits per heavy atom. The van der Waals surface area contributed by atoms with Crippen LogP contribution in [0.15, 0.2) is 58.3 Å². The molecule has 3 rings (SSSR count). The van der Waals surface area contributed by atoms with Gasteiger partial charge in [-0.1, -0.05) is 6.07 Å². The molecule has 0 unspecified atom stereocenters. The van der Waals surface area contributed by atoms with Gasteiger partial charge in [-0.05, 0) is 57.2 Å². The lowest BCUT2D eigenvalue weighted by Gasteiger charge is -2.18. The normalized spacial score (nSPS) is 13.5. The molecule has 0 aliphatic heterocycles. The summed E-state index contributed by atoms with van der Waals surface area (Å²) in [5.74, 6) is 2.06. The number of para-hydroxylation sites is 1. The number of anilines is 1. The van der Waals surface area contributed by atoms with Crippen LogP contribution in [0.5, 0.6) is 11.5 Å². The van der Waals surface area contributed by atoms with Crippen LogP contribution in [0.1, 0.15) is 26.0 Å². The molecule has 0 spiro atoms. The molecule has 5 N–H and O–H groups in total. The second kappa shape index (κ2) is 10.6. The molecule has 1 aromatic carbocycles. The SMILES string of the molecule is COc1cccc(OC)c1-n1c(NS(=O)(=O)[C@H](C)C/C(N)=C/C=C(/C)N)nnc1-c1ccc(C)o1. The highest BCUT2D eigenvalue weighted by Crippen LogP contribution is 2.38. The standard InChI is InChI=1S/C23H30N6O5S/c1-14(24)9-11-17(25)13-16(3)35(30,31)28-23-27-26-22(20-12-10-15(2)34-20)29(23)21-18(32-4)7-6-8-19(21)33-5/h6-12,16H,13,24-25H2,1-5H3,(H,27,28)/b14-9-,17-11-/t16-/m1/s1. The van der Waals surface area contributed by atoms with Gasteiger partial charge in [-0.3, -0.25) is 9.29 Å². The van der Waals surface area contributed by atoms with E-state index in [0.717, 1.165) is 0 Å². The lowest BCUT2D eigenvalue weighted by molar-refractivity contribution is 0.391. The second-order valence-electron chi connectivity index (χ2n) is 7.92. The van der Waals surface area contributed by atoms with Crippen LogP contribution in [0.2, 0.25) is 0 Å². The van der Waals surface area contributed by atoms with Crippen molar-refractivity contribution in [1.29, 1.82) is 0 Å². The van der Waals surface area contributed by atoms with Crippen LogP contribution >= 0.6 is 0 Å². The number of methoxy groups -OCH3 is 2. The minimum absolute atomic E-state index is 0.0658. The first kappa shape index (κ1) is 25.7. The number of hydrogen-bond donors (Lipinski definition) is 3. The van der Waals surface area contributed by atoms with Crippen LogP contribution in [0.3, 0.4) is 0 Å². The lowest BCUT2D eigenvalue weighted by atomic mass is 10.2. The molecule has 3 aromatic rings. The van der Waals surface area contributed by atoms with E-state index in [9.17, 15) is 8.42 Å². The first-order valence-corrected chi connectivity index (χ1v) is 12.3. The number of rotatable bonds is 10. The van der Waals surface area contributed by atoms with Crippen molar-refractivity contribution in [2.24, 2.45) is 11.5 Å². The molecule has 35 heavy (non-hydrogen) atoms. The summed E-state index contributed by atoms with van der Waals surface area (Å²) in [7, 11) is -0.943. The minimum atomic E-state index is -3.94. The van der Waals surface area contributed by atoms with E-state index in [1.807, 2.05) is 0 Å². The van der Waals surface area contributed by atoms with Crippen molar-refractivity contribution in [2.45, 2.75) is 32.4 Å². The topological polar surface area (TPSA) is 161 Å². The third kappa shape index (κ3) is 5.77. The van der Waals surface area contributed by atoms with Crippen molar-refractivity contribution in [2.75, 3.05) is 18.9 Å². The number of nitrogens with zero attached hydrogens (tertiary/aromatic N) is 3. The van der Waals surface area contributed by atoms with Gasteiger partial charge < -0.3 is 25.4 Å². The molecule has 12 heteroatoms. The van der Waals surface area contributed by atoms with E-state index in [0.29, 0.717) is 40.1 Å². The van der Waals surface area contributed by atoms with Crippen LogP contribution in [-0.4, -0.2) is 42.7 Å². The van der Waals surface area contributed by atoms with Crippen LogP contribution < -0.4 is 25.7 Å². The van der Waals surface area contributed by atoms with Gasteiger partial charge in [0.05, 0.1) is 19.5 Å². The summed E-state index contributed by atoms with van der Waals surface area (Å²) in [4.78, 5) is 0. The fourth-order valence-corrected chi connectivity index (χ4v) is 4.30. The predicted molar refractivity (Wildman–Crippen MR) is 134 cm³/mol. The Balaban J connectivity index is 2.10. The number of ether oxygens (including phenoxy) is 2. The molecule has 11 nitrogen and oxygen atoms in total. The third-order valence-corrected chi connectivity index (χ3v) is 6.79. The van der Waals surface area contributed by atoms with E-state index in [-0.39, 0.29) is 18.2 Å². The summed E-state index contributed by atoms with van der Waals surface area (Å²) in [6, 6.07) is 8.67. The highest BCUT2D eigenvalue weighted by molar-refractivity contribution is 7.93. The van der Waals surface area contributed by atoms with E-state index < -0.39 is 15.3 Å². The van der Waals surface area contributed by atoms with Crippen molar-refractivity contribution >= 4 is 16.0 Å². The van der Waals surface area contributed by atoms with E-state index in [1.165, 1.54) is 18.8 Å². The van der Waals surface area contributed by atoms with Crippen molar-refractivity contribution in [3.63, 3.8) is 0 Å². The van der Waals surface area contributed by atoms with Crippen LogP contribution in [-0.2, 0) is 10.0 Å². The van der Waals surface area contributed by atoms with E-state index >= 15 is 0 Å². The Hall–Kier alpha value is -3.93. The average molecular weight is 503 g/mol. The summed E-state index contributed by atoms with van der Waals surface area (Å²) >= 11 is 0. The highest BCUT2D eigenvalue weighted by atomic mass is 32.2. The molecule has 0 aliphatic carbocycles. The van der Waals surface area contributed by atoms with Gasteiger partial charge in [0.2, 0.25) is 21.8 Å². The molecule has 0 radical (unpaired) electrons. The minimum Gasteiger partial charge on any atom is -0.494 e. The predicted octanol–water partition coefficient (Wildman–Crippen LogP) is 3.08. The fraction of sp³-hybridized carbons (Fsp3) is 0.304. The number of nitrogens with two attached hydrogens (primary N) is 2. The molecule has 0 aliphatic rings. The maximum atomic E-state index is 13.2. The zero-order valence-corrected chi connectivity index (χ0v) is 21.1. The second-order valence-corrected chi connectivity index (χ2v) is 10.0. The van der Waals surface area contributed by atoms with E-state index in [2.05, 4.69) is 14.9 Å². The molecule has 0 bridgehead atoms. The van der Waals surface area contributed by atoms with E-state index in [4.69, 9.17) is 25.4 Å².